The molecule has 3 aliphatic rings. The van der Waals surface area contributed by atoms with Gasteiger partial charge in [-0.1, -0.05) is 18.2 Å². The van der Waals surface area contributed by atoms with Crippen molar-refractivity contribution in [1.29, 1.82) is 21.2 Å². The Hall–Kier alpha value is -3.47. The van der Waals surface area contributed by atoms with E-state index >= 15 is 0 Å². The van der Waals surface area contributed by atoms with Gasteiger partial charge in [-0.25, -0.2) is 4.79 Å². The fraction of sp³-hybridized carbons (Fsp3) is 0.435. The molecule has 2 heterocycles. The average molecular weight is 399 g/mol. The Labute approximate surface area is 175 Å². The minimum atomic E-state index is -1.74. The van der Waals surface area contributed by atoms with Crippen molar-refractivity contribution >= 4 is 11.7 Å². The molecule has 2 aliphatic heterocycles. The van der Waals surface area contributed by atoms with E-state index in [0.717, 1.165) is 18.4 Å². The average Bonchev–Trinajstić information content (AvgIpc) is 3.01. The number of nitrogens with one attached hydrogen (secondary N) is 1. The standard InChI is InChI=1S/C23H21N5O2/c1-28-15-7-8-18(28)19-16(9-15)17(10-24)21(27)23(11-25,12-26)20(19)13-3-5-14(6-4-13)22(29)30-2/h3-6,9,15,17-20,27H,7-8H2,1-2H3/t15-,17?,18+,19+,20+/m0/s1. The third kappa shape index (κ3) is 2.51. The van der Waals surface area contributed by atoms with Crippen LogP contribution in [0.2, 0.25) is 0 Å². The summed E-state index contributed by atoms with van der Waals surface area (Å²) < 4.78 is 4.76. The molecule has 0 radical (unpaired) electrons. The van der Waals surface area contributed by atoms with Gasteiger partial charge in [0.2, 0.25) is 0 Å². The van der Waals surface area contributed by atoms with Crippen molar-refractivity contribution in [2.24, 2.45) is 17.3 Å². The van der Waals surface area contributed by atoms with E-state index in [9.17, 15) is 20.6 Å². The molecule has 1 saturated carbocycles. The van der Waals surface area contributed by atoms with Crippen LogP contribution in [0, 0.1) is 56.7 Å². The van der Waals surface area contributed by atoms with Gasteiger partial charge in [0.25, 0.3) is 0 Å². The first-order valence-electron chi connectivity index (χ1n) is 9.86. The number of hydrogen-bond donors (Lipinski definition) is 1. The molecule has 1 unspecified atom stereocenters. The number of methoxy groups -OCH3 is 1. The van der Waals surface area contributed by atoms with Gasteiger partial charge >= 0.3 is 5.97 Å². The summed E-state index contributed by atoms with van der Waals surface area (Å²) in [7, 11) is 3.34. The van der Waals surface area contributed by atoms with Crippen LogP contribution in [0.25, 0.3) is 0 Å². The lowest BCUT2D eigenvalue weighted by Crippen LogP contribution is -2.55. The SMILES string of the molecule is COC(=O)c1ccc([C@@H]2[C@@H]3C(=C[C@@H]4CC[C@H]3N4C)C(C#N)C(=N)C2(C#N)C#N)cc1. The van der Waals surface area contributed by atoms with E-state index in [4.69, 9.17) is 10.1 Å². The van der Waals surface area contributed by atoms with Crippen molar-refractivity contribution in [3.63, 3.8) is 0 Å². The first-order valence-corrected chi connectivity index (χ1v) is 9.86. The van der Waals surface area contributed by atoms with E-state index in [0.29, 0.717) is 11.1 Å². The number of nitriles is 3. The Morgan fingerprint density at radius 2 is 1.87 bits per heavy atom. The first-order chi connectivity index (χ1) is 14.4. The molecule has 30 heavy (non-hydrogen) atoms. The van der Waals surface area contributed by atoms with Gasteiger partial charge in [-0.05, 0) is 43.2 Å². The largest absolute Gasteiger partial charge is 0.465 e. The van der Waals surface area contributed by atoms with Crippen molar-refractivity contribution in [3.8, 4) is 18.2 Å². The lowest BCUT2D eigenvalue weighted by atomic mass is 9.53. The van der Waals surface area contributed by atoms with E-state index in [1.807, 2.05) is 7.05 Å². The summed E-state index contributed by atoms with van der Waals surface area (Å²) in [6.07, 6.45) is 3.93. The summed E-state index contributed by atoms with van der Waals surface area (Å²) in [6.45, 7) is 0. The maximum Gasteiger partial charge on any atom is 0.337 e. The van der Waals surface area contributed by atoms with Gasteiger partial charge in [0.15, 0.2) is 5.41 Å². The second-order valence-corrected chi connectivity index (χ2v) is 8.17. The van der Waals surface area contributed by atoms with Crippen LogP contribution in [0.1, 0.15) is 34.7 Å². The van der Waals surface area contributed by atoms with Crippen molar-refractivity contribution in [3.05, 3.63) is 47.0 Å². The molecular weight excluding hydrogens is 378 g/mol. The van der Waals surface area contributed by atoms with Crippen LogP contribution in [0.15, 0.2) is 35.9 Å². The zero-order chi connectivity index (χ0) is 21.6. The summed E-state index contributed by atoms with van der Waals surface area (Å²) in [5, 5.41) is 38.8. The molecule has 0 aromatic heterocycles. The summed E-state index contributed by atoms with van der Waals surface area (Å²) >= 11 is 0. The number of ether oxygens (including phenoxy) is 1. The molecule has 1 saturated heterocycles. The topological polar surface area (TPSA) is 125 Å². The van der Waals surface area contributed by atoms with Crippen LogP contribution in [0.5, 0.6) is 0 Å². The molecular formula is C23H21N5O2. The minimum absolute atomic E-state index is 0.0882. The fourth-order valence-electron chi connectivity index (χ4n) is 5.54. The third-order valence-corrected chi connectivity index (χ3v) is 7.03. The number of esters is 1. The maximum atomic E-state index is 11.8. The highest BCUT2D eigenvalue weighted by Crippen LogP contribution is 2.57. The Kier molecular flexibility index (Phi) is 4.69. The summed E-state index contributed by atoms with van der Waals surface area (Å²) in [6, 6.07) is 13.4. The van der Waals surface area contributed by atoms with Crippen LogP contribution in [0.4, 0.5) is 0 Å². The highest BCUT2D eigenvalue weighted by Gasteiger charge is 2.61. The van der Waals surface area contributed by atoms with Crippen molar-refractivity contribution < 1.29 is 9.53 Å². The smallest absolute Gasteiger partial charge is 0.337 e. The zero-order valence-corrected chi connectivity index (χ0v) is 16.8. The van der Waals surface area contributed by atoms with Gasteiger partial charge in [0.05, 0.1) is 36.6 Å². The zero-order valence-electron chi connectivity index (χ0n) is 16.8. The third-order valence-electron chi connectivity index (χ3n) is 7.03. The number of likely N-dealkylation sites (N-methyl/N-ethyl adjacent to an activating group) is 1. The molecule has 0 amide bonds. The molecule has 5 atom stereocenters. The fourth-order valence-corrected chi connectivity index (χ4v) is 5.54. The Morgan fingerprint density at radius 3 is 2.43 bits per heavy atom. The molecule has 1 aromatic rings. The van der Waals surface area contributed by atoms with Gasteiger partial charge in [-0.15, -0.1) is 0 Å². The van der Waals surface area contributed by atoms with E-state index in [1.165, 1.54) is 7.11 Å². The van der Waals surface area contributed by atoms with Crippen LogP contribution < -0.4 is 0 Å². The Morgan fingerprint density at radius 1 is 1.20 bits per heavy atom. The van der Waals surface area contributed by atoms with Gasteiger partial charge in [-0.3, -0.25) is 4.90 Å². The van der Waals surface area contributed by atoms with Crippen LogP contribution >= 0.6 is 0 Å². The second-order valence-electron chi connectivity index (χ2n) is 8.17. The summed E-state index contributed by atoms with van der Waals surface area (Å²) in [4.78, 5) is 14.1. The van der Waals surface area contributed by atoms with Gasteiger partial charge in [0.1, 0.15) is 5.92 Å². The van der Waals surface area contributed by atoms with Crippen LogP contribution in [0.3, 0.4) is 0 Å². The van der Waals surface area contributed by atoms with Gasteiger partial charge in [0, 0.05) is 23.9 Å². The molecule has 1 aliphatic carbocycles. The molecule has 7 heteroatoms. The minimum Gasteiger partial charge on any atom is -0.465 e. The molecule has 1 aromatic carbocycles. The number of nitrogens with zero attached hydrogens (tertiary/aromatic N) is 4. The summed E-state index contributed by atoms with van der Waals surface area (Å²) in [5.41, 5.74) is 0.0474. The first kappa shape index (κ1) is 19.8. The predicted octanol–water partition coefficient (Wildman–Crippen LogP) is 2.78. The lowest BCUT2D eigenvalue weighted by molar-refractivity contribution is 0.0600. The lowest BCUT2D eigenvalue weighted by Gasteiger charge is -2.50. The van der Waals surface area contributed by atoms with Crippen molar-refractivity contribution in [2.75, 3.05) is 14.2 Å². The monoisotopic (exact) mass is 399 g/mol. The highest BCUT2D eigenvalue weighted by molar-refractivity contribution is 6.01. The molecule has 7 nitrogen and oxygen atoms in total. The molecule has 1 N–H and O–H groups in total. The van der Waals surface area contributed by atoms with Crippen LogP contribution in [-0.2, 0) is 4.74 Å². The van der Waals surface area contributed by atoms with E-state index in [1.54, 1.807) is 24.3 Å². The number of hydrogen-bond acceptors (Lipinski definition) is 7. The van der Waals surface area contributed by atoms with E-state index < -0.39 is 23.2 Å². The Bertz CT molecular complexity index is 1050. The number of carbonyl (C=O) groups excluding carboxylic acids is 1. The number of benzene rings is 1. The Balaban J connectivity index is 1.92. The summed E-state index contributed by atoms with van der Waals surface area (Å²) in [5.74, 6) is -2.16. The number of carbonyl (C=O) groups is 1. The van der Waals surface area contributed by atoms with Crippen molar-refractivity contribution in [1.82, 2.24) is 4.90 Å². The van der Waals surface area contributed by atoms with E-state index in [2.05, 4.69) is 29.2 Å². The molecule has 0 spiro atoms. The van der Waals surface area contributed by atoms with Gasteiger partial charge in [-0.2, -0.15) is 15.8 Å². The van der Waals surface area contributed by atoms with E-state index in [-0.39, 0.29) is 23.7 Å². The predicted molar refractivity (Wildman–Crippen MR) is 107 cm³/mol. The van der Waals surface area contributed by atoms with Crippen molar-refractivity contribution in [2.45, 2.75) is 30.8 Å². The molecule has 150 valence electrons. The maximum absolute atomic E-state index is 11.8. The van der Waals surface area contributed by atoms with Crippen LogP contribution in [-0.4, -0.2) is 42.8 Å². The number of fused-ring (bicyclic) bond motifs is 4. The molecule has 4 rings (SSSR count). The number of rotatable bonds is 2. The quantitative estimate of drug-likeness (QED) is 0.602. The second kappa shape index (κ2) is 7.10. The normalized spacial score (nSPS) is 31.5. The highest BCUT2D eigenvalue weighted by atomic mass is 16.5. The molecule has 2 bridgehead atoms. The van der Waals surface area contributed by atoms with Gasteiger partial charge < -0.3 is 10.1 Å². The molecule has 2 fully saturated rings.